The predicted octanol–water partition coefficient (Wildman–Crippen LogP) is 3.25. The number of aryl methyl sites for hydroxylation is 1. The summed E-state index contributed by atoms with van der Waals surface area (Å²) in [4.78, 5) is 24.0. The molecule has 2 N–H and O–H groups in total. The third-order valence-corrected chi connectivity index (χ3v) is 5.58. The number of thioether (sulfide) groups is 1. The van der Waals surface area contributed by atoms with Crippen molar-refractivity contribution in [2.75, 3.05) is 11.1 Å². The molecule has 134 valence electrons. The SMILES string of the molecule is CC[C@H](C)NC(=O)CSCc1nnc(C(=O)Nc2ccccc2C)s1. The molecule has 2 aromatic rings. The Morgan fingerprint density at radius 1 is 1.28 bits per heavy atom. The lowest BCUT2D eigenvalue weighted by Crippen LogP contribution is -2.33. The highest BCUT2D eigenvalue weighted by Crippen LogP contribution is 2.19. The van der Waals surface area contributed by atoms with Crippen LogP contribution in [0.2, 0.25) is 0 Å². The zero-order valence-electron chi connectivity index (χ0n) is 14.5. The van der Waals surface area contributed by atoms with E-state index in [1.807, 2.05) is 45.0 Å². The lowest BCUT2D eigenvalue weighted by molar-refractivity contribution is -0.119. The van der Waals surface area contributed by atoms with Crippen LogP contribution in [0.15, 0.2) is 24.3 Å². The molecule has 1 atom stereocenters. The maximum atomic E-state index is 12.2. The van der Waals surface area contributed by atoms with Crippen LogP contribution in [0.1, 0.15) is 40.6 Å². The summed E-state index contributed by atoms with van der Waals surface area (Å²) in [5.41, 5.74) is 1.75. The number of carbonyl (C=O) groups excluding carboxylic acids is 2. The standard InChI is InChI=1S/C17H22N4O2S2/c1-4-12(3)18-14(22)9-24-10-15-20-21-17(25-15)16(23)19-13-8-6-5-7-11(13)2/h5-8,12H,4,9-10H2,1-3H3,(H,18,22)(H,19,23)/t12-/m0/s1. The Morgan fingerprint density at radius 3 is 2.76 bits per heavy atom. The van der Waals surface area contributed by atoms with Crippen LogP contribution in [-0.2, 0) is 10.5 Å². The first-order valence-corrected chi connectivity index (χ1v) is 10.0. The lowest BCUT2D eigenvalue weighted by Gasteiger charge is -2.10. The second kappa shape index (κ2) is 9.53. The van der Waals surface area contributed by atoms with Crippen molar-refractivity contribution >= 4 is 40.6 Å². The largest absolute Gasteiger partial charge is 0.353 e. The molecule has 6 nitrogen and oxygen atoms in total. The van der Waals surface area contributed by atoms with Crippen LogP contribution in [0.4, 0.5) is 5.69 Å². The monoisotopic (exact) mass is 378 g/mol. The molecule has 1 aromatic carbocycles. The summed E-state index contributed by atoms with van der Waals surface area (Å²) in [6, 6.07) is 7.76. The summed E-state index contributed by atoms with van der Waals surface area (Å²) >= 11 is 2.71. The molecule has 0 aliphatic carbocycles. The number of nitrogens with zero attached hydrogens (tertiary/aromatic N) is 2. The first-order valence-electron chi connectivity index (χ1n) is 8.06. The van der Waals surface area contributed by atoms with E-state index in [2.05, 4.69) is 20.8 Å². The molecule has 0 saturated heterocycles. The summed E-state index contributed by atoms with van der Waals surface area (Å²) in [6.07, 6.45) is 0.909. The van der Waals surface area contributed by atoms with Crippen molar-refractivity contribution in [3.63, 3.8) is 0 Å². The van der Waals surface area contributed by atoms with Crippen molar-refractivity contribution in [3.05, 3.63) is 39.8 Å². The molecule has 8 heteroatoms. The molecule has 0 spiro atoms. The Kier molecular flexibility index (Phi) is 7.39. The lowest BCUT2D eigenvalue weighted by atomic mass is 10.2. The van der Waals surface area contributed by atoms with Crippen molar-refractivity contribution < 1.29 is 9.59 Å². The Morgan fingerprint density at radius 2 is 2.04 bits per heavy atom. The fraction of sp³-hybridized carbons (Fsp3) is 0.412. The van der Waals surface area contributed by atoms with E-state index in [0.717, 1.165) is 22.7 Å². The summed E-state index contributed by atoms with van der Waals surface area (Å²) < 4.78 is 0. The van der Waals surface area contributed by atoms with E-state index < -0.39 is 0 Å². The smallest absolute Gasteiger partial charge is 0.286 e. The van der Waals surface area contributed by atoms with Gasteiger partial charge in [0.25, 0.3) is 5.91 Å². The number of para-hydroxylation sites is 1. The molecule has 0 aliphatic heterocycles. The Balaban J connectivity index is 1.82. The summed E-state index contributed by atoms with van der Waals surface area (Å²) in [5, 5.41) is 14.8. The van der Waals surface area contributed by atoms with Gasteiger partial charge in [0.2, 0.25) is 10.9 Å². The molecule has 0 bridgehead atoms. The highest BCUT2D eigenvalue weighted by atomic mass is 32.2. The van der Waals surface area contributed by atoms with E-state index in [1.165, 1.54) is 23.1 Å². The maximum Gasteiger partial charge on any atom is 0.286 e. The van der Waals surface area contributed by atoms with Crippen LogP contribution in [0.5, 0.6) is 0 Å². The van der Waals surface area contributed by atoms with E-state index in [-0.39, 0.29) is 17.9 Å². The number of benzene rings is 1. The van der Waals surface area contributed by atoms with Crippen LogP contribution in [0.3, 0.4) is 0 Å². The van der Waals surface area contributed by atoms with Crippen molar-refractivity contribution in [1.82, 2.24) is 15.5 Å². The molecular formula is C17H22N4O2S2. The van der Waals surface area contributed by atoms with Gasteiger partial charge in [-0.1, -0.05) is 36.5 Å². The zero-order chi connectivity index (χ0) is 18.2. The van der Waals surface area contributed by atoms with Crippen molar-refractivity contribution in [2.45, 2.75) is 39.0 Å². The average molecular weight is 379 g/mol. The highest BCUT2D eigenvalue weighted by Gasteiger charge is 2.14. The van der Waals surface area contributed by atoms with E-state index >= 15 is 0 Å². The Bertz CT molecular complexity index is 733. The molecule has 1 heterocycles. The van der Waals surface area contributed by atoms with E-state index in [0.29, 0.717) is 16.5 Å². The number of anilines is 1. The number of amides is 2. The molecule has 2 rings (SSSR count). The van der Waals surface area contributed by atoms with Gasteiger partial charge in [-0.25, -0.2) is 0 Å². The molecule has 25 heavy (non-hydrogen) atoms. The minimum absolute atomic E-state index is 0.0152. The van der Waals surface area contributed by atoms with Gasteiger partial charge < -0.3 is 10.6 Å². The van der Waals surface area contributed by atoms with Crippen LogP contribution < -0.4 is 10.6 Å². The van der Waals surface area contributed by atoms with Gasteiger partial charge in [-0.2, -0.15) is 0 Å². The van der Waals surface area contributed by atoms with Gasteiger partial charge in [0.1, 0.15) is 5.01 Å². The quantitative estimate of drug-likeness (QED) is 0.737. The number of rotatable bonds is 8. The first kappa shape index (κ1) is 19.4. The summed E-state index contributed by atoms with van der Waals surface area (Å²) in [5.74, 6) is 0.677. The van der Waals surface area contributed by atoms with Crippen LogP contribution >= 0.6 is 23.1 Å². The van der Waals surface area contributed by atoms with Crippen LogP contribution in [-0.4, -0.2) is 33.8 Å². The second-order valence-electron chi connectivity index (χ2n) is 5.64. The average Bonchev–Trinajstić information content (AvgIpc) is 3.05. The molecular weight excluding hydrogens is 356 g/mol. The van der Waals surface area contributed by atoms with Crippen molar-refractivity contribution in [3.8, 4) is 0 Å². The van der Waals surface area contributed by atoms with Gasteiger partial charge >= 0.3 is 0 Å². The minimum Gasteiger partial charge on any atom is -0.353 e. The van der Waals surface area contributed by atoms with Crippen molar-refractivity contribution in [2.24, 2.45) is 0 Å². The predicted molar refractivity (Wildman–Crippen MR) is 103 cm³/mol. The number of aromatic nitrogens is 2. The number of carbonyl (C=O) groups is 2. The molecule has 2 amide bonds. The van der Waals surface area contributed by atoms with Gasteiger partial charge in [-0.15, -0.1) is 22.0 Å². The van der Waals surface area contributed by atoms with Crippen molar-refractivity contribution in [1.29, 1.82) is 0 Å². The molecule has 0 aliphatic rings. The third-order valence-electron chi connectivity index (χ3n) is 3.53. The first-order chi connectivity index (χ1) is 12.0. The maximum absolute atomic E-state index is 12.2. The summed E-state index contributed by atoms with van der Waals surface area (Å²) in [6.45, 7) is 5.94. The topological polar surface area (TPSA) is 84.0 Å². The van der Waals surface area contributed by atoms with Gasteiger partial charge in [0, 0.05) is 17.5 Å². The van der Waals surface area contributed by atoms with Crippen LogP contribution in [0, 0.1) is 6.92 Å². The van der Waals surface area contributed by atoms with Gasteiger partial charge in [0.05, 0.1) is 5.75 Å². The number of hydrogen-bond acceptors (Lipinski definition) is 6. The second-order valence-corrected chi connectivity index (χ2v) is 7.69. The fourth-order valence-corrected chi connectivity index (χ4v) is 3.56. The number of hydrogen-bond donors (Lipinski definition) is 2. The molecule has 0 unspecified atom stereocenters. The van der Waals surface area contributed by atoms with Gasteiger partial charge in [0.15, 0.2) is 0 Å². The molecule has 0 fully saturated rings. The zero-order valence-corrected chi connectivity index (χ0v) is 16.2. The van der Waals surface area contributed by atoms with E-state index in [9.17, 15) is 9.59 Å². The normalized spacial score (nSPS) is 11.8. The fourth-order valence-electron chi connectivity index (χ4n) is 1.94. The highest BCUT2D eigenvalue weighted by molar-refractivity contribution is 7.99. The molecule has 0 radical (unpaired) electrons. The van der Waals surface area contributed by atoms with Gasteiger partial charge in [-0.05, 0) is 31.9 Å². The number of nitrogens with one attached hydrogen (secondary N) is 2. The molecule has 1 aromatic heterocycles. The third kappa shape index (κ3) is 6.13. The van der Waals surface area contributed by atoms with Gasteiger partial charge in [-0.3, -0.25) is 9.59 Å². The Hall–Kier alpha value is -1.93. The summed E-state index contributed by atoms with van der Waals surface area (Å²) in [7, 11) is 0. The van der Waals surface area contributed by atoms with E-state index in [4.69, 9.17) is 0 Å². The van der Waals surface area contributed by atoms with Crippen LogP contribution in [0.25, 0.3) is 0 Å². The molecule has 0 saturated carbocycles. The van der Waals surface area contributed by atoms with E-state index in [1.54, 1.807) is 0 Å². The minimum atomic E-state index is -0.266. The Labute approximate surface area is 155 Å².